The zero-order valence-electron chi connectivity index (χ0n) is 9.42. The number of hydrogen-bond acceptors (Lipinski definition) is 4. The molecule has 0 aromatic rings. The Morgan fingerprint density at radius 1 is 1.50 bits per heavy atom. The Bertz CT molecular complexity index is 142. The molecule has 0 aliphatic carbocycles. The molecule has 2 atom stereocenters. The van der Waals surface area contributed by atoms with Gasteiger partial charge in [-0.05, 0) is 32.9 Å². The molecule has 2 unspecified atom stereocenters. The van der Waals surface area contributed by atoms with E-state index in [0.717, 1.165) is 18.6 Å². The van der Waals surface area contributed by atoms with E-state index in [-0.39, 0.29) is 6.61 Å². The van der Waals surface area contributed by atoms with Gasteiger partial charge in [0, 0.05) is 24.9 Å². The summed E-state index contributed by atoms with van der Waals surface area (Å²) in [6.07, 6.45) is 3.76. The molecule has 0 heterocycles. The van der Waals surface area contributed by atoms with Crippen molar-refractivity contribution >= 4 is 11.8 Å². The molecule has 0 aromatic carbocycles. The lowest BCUT2D eigenvalue weighted by molar-refractivity contribution is 0.0814. The molecule has 3 nitrogen and oxygen atoms in total. The normalized spacial score (nSPS) is 17.8. The fraction of sp³-hybridized carbons (Fsp3) is 1.00. The Hall–Kier alpha value is 0.230. The number of hydrogen-bond donors (Lipinski definition) is 3. The number of nitrogens with one attached hydrogen (secondary N) is 1. The SMILES string of the molecule is CSCC(C)(O)CNC(C)CCCO. The summed E-state index contributed by atoms with van der Waals surface area (Å²) in [4.78, 5) is 0. The first kappa shape index (κ1) is 14.2. The maximum absolute atomic E-state index is 9.86. The highest BCUT2D eigenvalue weighted by molar-refractivity contribution is 7.98. The third-order valence-corrected chi connectivity index (χ3v) is 2.99. The summed E-state index contributed by atoms with van der Waals surface area (Å²) in [5.74, 6) is 0.743. The molecule has 4 heteroatoms. The van der Waals surface area contributed by atoms with E-state index in [1.54, 1.807) is 11.8 Å². The molecule has 0 spiro atoms. The molecular weight excluding hydrogens is 198 g/mol. The third kappa shape index (κ3) is 7.62. The van der Waals surface area contributed by atoms with Gasteiger partial charge in [-0.1, -0.05) is 0 Å². The highest BCUT2D eigenvalue weighted by atomic mass is 32.2. The van der Waals surface area contributed by atoms with Crippen LogP contribution < -0.4 is 5.32 Å². The Morgan fingerprint density at radius 3 is 2.64 bits per heavy atom. The minimum absolute atomic E-state index is 0.243. The van der Waals surface area contributed by atoms with Crippen LogP contribution in [0.25, 0.3) is 0 Å². The molecule has 0 bridgehead atoms. The lowest BCUT2D eigenvalue weighted by Gasteiger charge is -2.25. The zero-order valence-corrected chi connectivity index (χ0v) is 10.2. The van der Waals surface area contributed by atoms with Crippen molar-refractivity contribution in [3.05, 3.63) is 0 Å². The van der Waals surface area contributed by atoms with E-state index in [0.29, 0.717) is 12.6 Å². The van der Waals surface area contributed by atoms with Crippen LogP contribution in [0.4, 0.5) is 0 Å². The van der Waals surface area contributed by atoms with Crippen molar-refractivity contribution in [2.24, 2.45) is 0 Å². The van der Waals surface area contributed by atoms with Crippen molar-refractivity contribution in [3.8, 4) is 0 Å². The van der Waals surface area contributed by atoms with Gasteiger partial charge in [-0.2, -0.15) is 11.8 Å². The molecule has 0 saturated heterocycles. The minimum Gasteiger partial charge on any atom is -0.396 e. The van der Waals surface area contributed by atoms with Crippen LogP contribution in [0.15, 0.2) is 0 Å². The molecule has 0 rings (SSSR count). The number of aliphatic hydroxyl groups excluding tert-OH is 1. The number of rotatable bonds is 8. The summed E-state index contributed by atoms with van der Waals surface area (Å²) in [5.41, 5.74) is -0.632. The lowest BCUT2D eigenvalue weighted by atomic mass is 10.1. The second-order valence-corrected chi connectivity index (χ2v) is 4.94. The summed E-state index contributed by atoms with van der Waals surface area (Å²) in [6, 6.07) is 0.357. The smallest absolute Gasteiger partial charge is 0.0833 e. The molecule has 0 aliphatic heterocycles. The van der Waals surface area contributed by atoms with Crippen LogP contribution >= 0.6 is 11.8 Å². The Labute approximate surface area is 91.3 Å². The van der Waals surface area contributed by atoms with Crippen LogP contribution in [0.1, 0.15) is 26.7 Å². The summed E-state index contributed by atoms with van der Waals surface area (Å²) in [6.45, 7) is 4.77. The molecule has 86 valence electrons. The minimum atomic E-state index is -0.632. The first-order chi connectivity index (χ1) is 6.52. The fourth-order valence-corrected chi connectivity index (χ4v) is 1.98. The monoisotopic (exact) mass is 221 g/mol. The van der Waals surface area contributed by atoms with E-state index in [1.165, 1.54) is 0 Å². The van der Waals surface area contributed by atoms with Crippen LogP contribution in [0.3, 0.4) is 0 Å². The van der Waals surface area contributed by atoms with Gasteiger partial charge in [0.25, 0.3) is 0 Å². The second-order valence-electron chi connectivity index (χ2n) is 4.08. The lowest BCUT2D eigenvalue weighted by Crippen LogP contribution is -2.43. The van der Waals surface area contributed by atoms with Crippen molar-refractivity contribution < 1.29 is 10.2 Å². The van der Waals surface area contributed by atoms with Gasteiger partial charge in [-0.15, -0.1) is 0 Å². The summed E-state index contributed by atoms with van der Waals surface area (Å²) >= 11 is 1.65. The van der Waals surface area contributed by atoms with Crippen molar-refractivity contribution in [1.82, 2.24) is 5.32 Å². The summed E-state index contributed by atoms with van der Waals surface area (Å²) in [7, 11) is 0. The highest BCUT2D eigenvalue weighted by Gasteiger charge is 2.19. The second kappa shape index (κ2) is 7.51. The molecule has 0 aliphatic rings. The van der Waals surface area contributed by atoms with E-state index in [9.17, 15) is 5.11 Å². The van der Waals surface area contributed by atoms with E-state index in [1.807, 2.05) is 13.2 Å². The van der Waals surface area contributed by atoms with E-state index in [2.05, 4.69) is 12.2 Å². The van der Waals surface area contributed by atoms with Crippen molar-refractivity contribution in [2.45, 2.75) is 38.3 Å². The van der Waals surface area contributed by atoms with E-state index < -0.39 is 5.60 Å². The highest BCUT2D eigenvalue weighted by Crippen LogP contribution is 2.09. The Balaban J connectivity index is 3.58. The summed E-state index contributed by atoms with van der Waals surface area (Å²) in [5, 5.41) is 21.8. The van der Waals surface area contributed by atoms with Gasteiger partial charge in [0.15, 0.2) is 0 Å². The van der Waals surface area contributed by atoms with Crippen LogP contribution in [-0.2, 0) is 0 Å². The Kier molecular flexibility index (Phi) is 7.64. The molecule has 0 saturated carbocycles. The predicted molar refractivity (Wildman–Crippen MR) is 62.8 cm³/mol. The van der Waals surface area contributed by atoms with Gasteiger partial charge >= 0.3 is 0 Å². The number of aliphatic hydroxyl groups is 2. The molecule has 0 aromatic heterocycles. The first-order valence-electron chi connectivity index (χ1n) is 5.07. The quantitative estimate of drug-likeness (QED) is 0.569. The van der Waals surface area contributed by atoms with Crippen molar-refractivity contribution in [2.75, 3.05) is 25.2 Å². The molecule has 14 heavy (non-hydrogen) atoms. The van der Waals surface area contributed by atoms with Gasteiger partial charge in [0.2, 0.25) is 0 Å². The first-order valence-corrected chi connectivity index (χ1v) is 6.47. The van der Waals surface area contributed by atoms with Gasteiger partial charge in [0.05, 0.1) is 5.60 Å². The van der Waals surface area contributed by atoms with Crippen LogP contribution in [0.2, 0.25) is 0 Å². The van der Waals surface area contributed by atoms with Crippen molar-refractivity contribution in [3.63, 3.8) is 0 Å². The average Bonchev–Trinajstić information content (AvgIpc) is 2.11. The Morgan fingerprint density at radius 2 is 2.14 bits per heavy atom. The summed E-state index contributed by atoms with van der Waals surface area (Å²) < 4.78 is 0. The maximum atomic E-state index is 9.86. The van der Waals surface area contributed by atoms with Crippen LogP contribution in [0.5, 0.6) is 0 Å². The third-order valence-electron chi connectivity index (χ3n) is 2.08. The maximum Gasteiger partial charge on any atom is 0.0833 e. The van der Waals surface area contributed by atoms with Gasteiger partial charge in [-0.25, -0.2) is 0 Å². The largest absolute Gasteiger partial charge is 0.396 e. The molecule has 0 fully saturated rings. The predicted octanol–water partition coefficient (Wildman–Crippen LogP) is 0.851. The topological polar surface area (TPSA) is 52.5 Å². The van der Waals surface area contributed by atoms with Gasteiger partial charge in [-0.3, -0.25) is 0 Å². The van der Waals surface area contributed by atoms with E-state index in [4.69, 9.17) is 5.11 Å². The van der Waals surface area contributed by atoms with E-state index >= 15 is 0 Å². The fourth-order valence-electron chi connectivity index (χ4n) is 1.26. The van der Waals surface area contributed by atoms with Crippen LogP contribution in [-0.4, -0.2) is 47.0 Å². The van der Waals surface area contributed by atoms with Crippen LogP contribution in [0, 0.1) is 0 Å². The standard InChI is InChI=1S/C10H23NO2S/c1-9(5-4-6-12)11-7-10(2,13)8-14-3/h9,11-13H,4-8H2,1-3H3. The van der Waals surface area contributed by atoms with Crippen molar-refractivity contribution in [1.29, 1.82) is 0 Å². The average molecular weight is 221 g/mol. The molecule has 0 radical (unpaired) electrons. The van der Waals surface area contributed by atoms with Gasteiger partial charge < -0.3 is 15.5 Å². The molecule has 0 amide bonds. The molecular formula is C10H23NO2S. The molecule has 3 N–H and O–H groups in total. The van der Waals surface area contributed by atoms with Gasteiger partial charge in [0.1, 0.15) is 0 Å². The number of thioether (sulfide) groups is 1. The zero-order chi connectivity index (χ0) is 11.0.